The van der Waals surface area contributed by atoms with Crippen LogP contribution in [0, 0.1) is 6.92 Å². The Hall–Kier alpha value is -1.24. The zero-order valence-electron chi connectivity index (χ0n) is 9.24. The van der Waals surface area contributed by atoms with Crippen LogP contribution in [0.15, 0.2) is 29.3 Å². The number of para-hydroxylation sites is 1. The molecule has 2 aromatic rings. The number of aromatic amines is 1. The molecule has 0 unspecified atom stereocenters. The number of H-pyrrole nitrogens is 1. The smallest absolute Gasteiger partial charge is 0.265 e. The number of rotatable bonds is 3. The van der Waals surface area contributed by atoms with Gasteiger partial charge in [-0.25, -0.2) is 8.42 Å². The van der Waals surface area contributed by atoms with Crippen molar-refractivity contribution in [1.29, 1.82) is 0 Å². The summed E-state index contributed by atoms with van der Waals surface area (Å²) in [6.07, 6.45) is 1.22. The fourth-order valence-corrected chi connectivity index (χ4v) is 3.24. The van der Waals surface area contributed by atoms with Crippen LogP contribution in [0.2, 0.25) is 10.0 Å². The third-order valence-corrected chi connectivity index (χ3v) is 4.37. The maximum atomic E-state index is 12.1. The van der Waals surface area contributed by atoms with Gasteiger partial charge in [0.15, 0.2) is 0 Å². The second-order valence-electron chi connectivity index (χ2n) is 3.56. The molecular formula is C10H9Cl2N3O2S. The molecule has 5 nitrogen and oxygen atoms in total. The molecule has 0 aliphatic rings. The van der Waals surface area contributed by atoms with E-state index in [1.807, 2.05) is 0 Å². The van der Waals surface area contributed by atoms with Gasteiger partial charge < -0.3 is 0 Å². The Balaban J connectivity index is 2.44. The lowest BCUT2D eigenvalue weighted by Crippen LogP contribution is -2.14. The molecule has 0 amide bonds. The average Bonchev–Trinajstić information content (AvgIpc) is 2.71. The molecule has 2 N–H and O–H groups in total. The molecule has 0 radical (unpaired) electrons. The topological polar surface area (TPSA) is 74.8 Å². The first-order valence-corrected chi connectivity index (χ1v) is 7.12. The van der Waals surface area contributed by atoms with Crippen LogP contribution in [-0.2, 0) is 10.0 Å². The maximum absolute atomic E-state index is 12.1. The predicted molar refractivity (Wildman–Crippen MR) is 70.6 cm³/mol. The minimum atomic E-state index is -3.76. The van der Waals surface area contributed by atoms with Crippen molar-refractivity contribution in [2.75, 3.05) is 4.72 Å². The second-order valence-corrected chi connectivity index (χ2v) is 6.03. The van der Waals surface area contributed by atoms with Gasteiger partial charge in [0.25, 0.3) is 10.0 Å². The van der Waals surface area contributed by atoms with Crippen molar-refractivity contribution in [2.45, 2.75) is 11.8 Å². The minimum absolute atomic E-state index is 0.0542. The van der Waals surface area contributed by atoms with E-state index >= 15 is 0 Å². The summed E-state index contributed by atoms with van der Waals surface area (Å²) in [5.41, 5.74) is 0.590. The van der Waals surface area contributed by atoms with Crippen LogP contribution in [0.4, 0.5) is 5.69 Å². The lowest BCUT2D eigenvalue weighted by molar-refractivity contribution is 0.600. The quantitative estimate of drug-likeness (QED) is 0.915. The third kappa shape index (κ3) is 2.45. The maximum Gasteiger partial charge on any atom is 0.265 e. The first kappa shape index (κ1) is 13.2. The molecule has 0 aliphatic carbocycles. The first-order chi connectivity index (χ1) is 8.42. The molecule has 0 spiro atoms. The van der Waals surface area contributed by atoms with Crippen molar-refractivity contribution in [3.05, 3.63) is 40.1 Å². The first-order valence-electron chi connectivity index (χ1n) is 4.88. The molecule has 1 heterocycles. The Morgan fingerprint density at radius 1 is 1.28 bits per heavy atom. The number of nitrogens with one attached hydrogen (secondary N) is 2. The summed E-state index contributed by atoms with van der Waals surface area (Å²) in [5.74, 6) is 0. The fraction of sp³-hybridized carbons (Fsp3) is 0.100. The highest BCUT2D eigenvalue weighted by molar-refractivity contribution is 7.92. The van der Waals surface area contributed by atoms with Gasteiger partial charge in [-0.2, -0.15) is 5.10 Å². The highest BCUT2D eigenvalue weighted by Gasteiger charge is 2.20. The normalized spacial score (nSPS) is 11.5. The van der Waals surface area contributed by atoms with Crippen LogP contribution in [0.3, 0.4) is 0 Å². The van der Waals surface area contributed by atoms with Gasteiger partial charge in [0.1, 0.15) is 4.90 Å². The second kappa shape index (κ2) is 4.79. The van der Waals surface area contributed by atoms with Gasteiger partial charge in [-0.05, 0) is 19.1 Å². The third-order valence-electron chi connectivity index (χ3n) is 2.27. The monoisotopic (exact) mass is 305 g/mol. The van der Waals surface area contributed by atoms with Crippen molar-refractivity contribution < 1.29 is 8.42 Å². The number of anilines is 1. The van der Waals surface area contributed by atoms with E-state index in [9.17, 15) is 8.42 Å². The molecule has 0 fully saturated rings. The van der Waals surface area contributed by atoms with E-state index in [1.165, 1.54) is 6.20 Å². The number of benzene rings is 1. The van der Waals surface area contributed by atoms with E-state index in [0.717, 1.165) is 0 Å². The zero-order valence-corrected chi connectivity index (χ0v) is 11.6. The molecule has 0 saturated carbocycles. The van der Waals surface area contributed by atoms with Crippen LogP contribution in [0.1, 0.15) is 5.69 Å². The fourth-order valence-electron chi connectivity index (χ4n) is 1.40. The van der Waals surface area contributed by atoms with Crippen molar-refractivity contribution >= 4 is 38.9 Å². The van der Waals surface area contributed by atoms with Gasteiger partial charge in [-0.3, -0.25) is 9.82 Å². The summed E-state index contributed by atoms with van der Waals surface area (Å²) >= 11 is 11.8. The highest BCUT2D eigenvalue weighted by Crippen LogP contribution is 2.31. The van der Waals surface area contributed by atoms with Crippen molar-refractivity contribution in [3.8, 4) is 0 Å². The predicted octanol–water partition coefficient (Wildman–Crippen LogP) is 2.83. The number of sulfonamides is 1. The van der Waals surface area contributed by atoms with E-state index < -0.39 is 10.0 Å². The van der Waals surface area contributed by atoms with Gasteiger partial charge in [-0.15, -0.1) is 0 Å². The molecule has 0 atom stereocenters. The molecule has 0 saturated heterocycles. The zero-order chi connectivity index (χ0) is 13.3. The van der Waals surface area contributed by atoms with E-state index in [-0.39, 0.29) is 20.6 Å². The van der Waals surface area contributed by atoms with Gasteiger partial charge >= 0.3 is 0 Å². The SMILES string of the molecule is Cc1[nH]ncc1S(=O)(=O)Nc1c(Cl)cccc1Cl. The minimum Gasteiger partial charge on any atom is -0.281 e. The van der Waals surface area contributed by atoms with Gasteiger partial charge in [0.2, 0.25) is 0 Å². The van der Waals surface area contributed by atoms with Crippen molar-refractivity contribution in [3.63, 3.8) is 0 Å². The molecule has 1 aromatic carbocycles. The average molecular weight is 306 g/mol. The number of hydrogen-bond donors (Lipinski definition) is 2. The number of aromatic nitrogens is 2. The number of halogens is 2. The van der Waals surface area contributed by atoms with Gasteiger partial charge in [0, 0.05) is 0 Å². The van der Waals surface area contributed by atoms with Gasteiger partial charge in [-0.1, -0.05) is 29.3 Å². The number of nitrogens with zero attached hydrogens (tertiary/aromatic N) is 1. The van der Waals surface area contributed by atoms with E-state index in [2.05, 4.69) is 14.9 Å². The lowest BCUT2D eigenvalue weighted by Gasteiger charge is -2.10. The number of hydrogen-bond acceptors (Lipinski definition) is 3. The van der Waals surface area contributed by atoms with Crippen LogP contribution >= 0.6 is 23.2 Å². The summed E-state index contributed by atoms with van der Waals surface area (Å²) in [7, 11) is -3.76. The largest absolute Gasteiger partial charge is 0.281 e. The van der Waals surface area contributed by atoms with Crippen LogP contribution in [0.5, 0.6) is 0 Å². The summed E-state index contributed by atoms with van der Waals surface area (Å²) < 4.78 is 26.5. The molecular weight excluding hydrogens is 297 g/mol. The summed E-state index contributed by atoms with van der Waals surface area (Å²) in [6.45, 7) is 1.61. The molecule has 8 heteroatoms. The molecule has 0 aliphatic heterocycles. The number of aryl methyl sites for hydroxylation is 1. The molecule has 18 heavy (non-hydrogen) atoms. The standard InChI is InChI=1S/C10H9Cl2N3O2S/c1-6-9(5-13-14-6)18(16,17)15-10-7(11)3-2-4-8(10)12/h2-5,15H,1H3,(H,13,14). The summed E-state index contributed by atoms with van der Waals surface area (Å²) in [5, 5.41) is 6.68. The van der Waals surface area contributed by atoms with E-state index in [0.29, 0.717) is 5.69 Å². The molecule has 96 valence electrons. The Bertz CT molecular complexity index is 662. The Kier molecular flexibility index (Phi) is 3.52. The van der Waals surface area contributed by atoms with Crippen LogP contribution < -0.4 is 4.72 Å². The van der Waals surface area contributed by atoms with E-state index in [1.54, 1.807) is 25.1 Å². The van der Waals surface area contributed by atoms with Gasteiger partial charge in [0.05, 0.1) is 27.6 Å². The molecule has 1 aromatic heterocycles. The summed E-state index contributed by atoms with van der Waals surface area (Å²) in [6, 6.07) is 4.73. The molecule has 0 bridgehead atoms. The lowest BCUT2D eigenvalue weighted by atomic mass is 10.3. The van der Waals surface area contributed by atoms with Crippen LogP contribution in [0.25, 0.3) is 0 Å². The van der Waals surface area contributed by atoms with Crippen LogP contribution in [-0.4, -0.2) is 18.6 Å². The Morgan fingerprint density at radius 2 is 1.89 bits per heavy atom. The van der Waals surface area contributed by atoms with Crippen molar-refractivity contribution in [1.82, 2.24) is 10.2 Å². The molecule has 2 rings (SSSR count). The Labute approximate surface area is 114 Å². The Morgan fingerprint density at radius 3 is 2.39 bits per heavy atom. The summed E-state index contributed by atoms with van der Waals surface area (Å²) in [4.78, 5) is 0.0542. The highest BCUT2D eigenvalue weighted by atomic mass is 35.5. The van der Waals surface area contributed by atoms with Crippen molar-refractivity contribution in [2.24, 2.45) is 0 Å². The van der Waals surface area contributed by atoms with E-state index in [4.69, 9.17) is 23.2 Å².